The highest BCUT2D eigenvalue weighted by Gasteiger charge is 2.35. The molecule has 0 aromatic heterocycles. The van der Waals surface area contributed by atoms with Crippen molar-refractivity contribution in [2.75, 3.05) is 19.6 Å². The lowest BCUT2D eigenvalue weighted by Crippen LogP contribution is -2.34. The number of hydrogen-bond donors (Lipinski definition) is 1. The van der Waals surface area contributed by atoms with Gasteiger partial charge in [-0.25, -0.2) is 8.42 Å². The van der Waals surface area contributed by atoms with Gasteiger partial charge in [-0.15, -0.1) is 0 Å². The van der Waals surface area contributed by atoms with Gasteiger partial charge in [0.1, 0.15) is 0 Å². The molecule has 1 aliphatic heterocycles. The van der Waals surface area contributed by atoms with Gasteiger partial charge in [0.05, 0.1) is 16.9 Å². The van der Waals surface area contributed by atoms with E-state index >= 15 is 0 Å². The van der Waals surface area contributed by atoms with Gasteiger partial charge in [0.15, 0.2) is 0 Å². The molecular weight excluding hydrogens is 462 g/mol. The van der Waals surface area contributed by atoms with Crippen molar-refractivity contribution < 1.29 is 18.0 Å². The van der Waals surface area contributed by atoms with Crippen LogP contribution in [0, 0.1) is 5.92 Å². The molecule has 1 fully saturated rings. The minimum Gasteiger partial charge on any atom is -0.349 e. The van der Waals surface area contributed by atoms with Gasteiger partial charge in [-0.3, -0.25) is 9.59 Å². The first-order valence-electron chi connectivity index (χ1n) is 11.1. The first kappa shape index (κ1) is 25.2. The maximum Gasteiger partial charge on any atom is 0.243 e. The van der Waals surface area contributed by atoms with Crippen LogP contribution in [0.15, 0.2) is 53.4 Å². The summed E-state index contributed by atoms with van der Waals surface area (Å²) in [6.07, 6.45) is 0.157. The lowest BCUT2D eigenvalue weighted by Gasteiger charge is -2.20. The lowest BCUT2D eigenvalue weighted by atomic mass is 10.1. The van der Waals surface area contributed by atoms with E-state index in [9.17, 15) is 18.0 Å². The summed E-state index contributed by atoms with van der Waals surface area (Å²) in [6, 6.07) is 13.6. The zero-order valence-electron chi connectivity index (χ0n) is 19.1. The summed E-state index contributed by atoms with van der Waals surface area (Å²) in [5.74, 6) is -0.712. The predicted molar refractivity (Wildman–Crippen MR) is 128 cm³/mol. The van der Waals surface area contributed by atoms with Gasteiger partial charge in [0.2, 0.25) is 21.8 Å². The van der Waals surface area contributed by atoms with Crippen molar-refractivity contribution >= 4 is 33.4 Å². The predicted octanol–water partition coefficient (Wildman–Crippen LogP) is 3.60. The molecule has 2 amide bonds. The molecule has 0 unspecified atom stereocenters. The Morgan fingerprint density at radius 1 is 1.15 bits per heavy atom. The second-order valence-corrected chi connectivity index (χ2v) is 10.5. The summed E-state index contributed by atoms with van der Waals surface area (Å²) in [7, 11) is -3.53. The molecule has 0 aliphatic carbocycles. The molecule has 0 radical (unpaired) electrons. The molecule has 2 atom stereocenters. The van der Waals surface area contributed by atoms with Gasteiger partial charge in [0.25, 0.3) is 0 Å². The largest absolute Gasteiger partial charge is 0.349 e. The van der Waals surface area contributed by atoms with Crippen molar-refractivity contribution in [2.45, 2.75) is 44.7 Å². The maximum atomic E-state index is 12.8. The number of halogens is 1. The van der Waals surface area contributed by atoms with Crippen LogP contribution in [0.4, 0.5) is 0 Å². The second kappa shape index (κ2) is 10.7. The number of carbonyl (C=O) groups excluding carboxylic acids is 2. The second-order valence-electron chi connectivity index (χ2n) is 8.16. The molecule has 1 heterocycles. The van der Waals surface area contributed by atoms with E-state index in [-0.39, 0.29) is 29.2 Å². The van der Waals surface area contributed by atoms with Crippen LogP contribution in [-0.4, -0.2) is 49.1 Å². The molecular formula is C24H30ClN3O4S. The minimum atomic E-state index is -3.53. The van der Waals surface area contributed by atoms with Crippen molar-refractivity contribution in [1.82, 2.24) is 14.5 Å². The molecule has 2 aromatic rings. The smallest absolute Gasteiger partial charge is 0.243 e. The Morgan fingerprint density at radius 3 is 2.39 bits per heavy atom. The van der Waals surface area contributed by atoms with Crippen LogP contribution in [0.3, 0.4) is 0 Å². The van der Waals surface area contributed by atoms with E-state index in [1.165, 1.54) is 4.31 Å². The Morgan fingerprint density at radius 2 is 1.79 bits per heavy atom. The number of likely N-dealkylation sites (tertiary alicyclic amines) is 1. The topological polar surface area (TPSA) is 86.8 Å². The van der Waals surface area contributed by atoms with Crippen LogP contribution in [0.1, 0.15) is 44.4 Å². The molecule has 178 valence electrons. The first-order valence-corrected chi connectivity index (χ1v) is 12.9. The average Bonchev–Trinajstić information content (AvgIpc) is 3.16. The Bertz CT molecular complexity index is 1100. The fraction of sp³-hybridized carbons (Fsp3) is 0.417. The van der Waals surface area contributed by atoms with Crippen molar-refractivity contribution in [3.8, 4) is 0 Å². The fourth-order valence-corrected chi connectivity index (χ4v) is 5.64. The highest BCUT2D eigenvalue weighted by atomic mass is 35.5. The third-order valence-corrected chi connectivity index (χ3v) is 8.42. The van der Waals surface area contributed by atoms with E-state index in [4.69, 9.17) is 11.6 Å². The summed E-state index contributed by atoms with van der Waals surface area (Å²) in [4.78, 5) is 27.1. The van der Waals surface area contributed by atoms with Crippen molar-refractivity contribution in [1.29, 1.82) is 0 Å². The van der Waals surface area contributed by atoms with E-state index in [0.29, 0.717) is 31.2 Å². The average molecular weight is 492 g/mol. The number of sulfonamides is 1. The molecule has 9 heteroatoms. The number of hydrogen-bond acceptors (Lipinski definition) is 4. The Hall–Kier alpha value is -2.42. The van der Waals surface area contributed by atoms with Crippen LogP contribution in [0.25, 0.3) is 0 Å². The SMILES string of the molecule is CCN(CC)S(=O)(=O)c1ccc([C@H](C)NC(=O)[C@@H]2CC(=O)N(Cc3ccccc3Cl)C2)cc1. The number of rotatable bonds is 9. The molecule has 1 aliphatic rings. The molecule has 0 saturated carbocycles. The van der Waals surface area contributed by atoms with Gasteiger partial charge >= 0.3 is 0 Å². The molecule has 1 saturated heterocycles. The lowest BCUT2D eigenvalue weighted by molar-refractivity contribution is -0.129. The highest BCUT2D eigenvalue weighted by molar-refractivity contribution is 7.89. The third kappa shape index (κ3) is 5.75. The van der Waals surface area contributed by atoms with Gasteiger partial charge in [-0.1, -0.05) is 55.8 Å². The standard InChI is InChI=1S/C24H30ClN3O4S/c1-4-28(5-2)33(31,32)21-12-10-18(11-13-21)17(3)26-24(30)20-14-23(29)27(16-20)15-19-8-6-7-9-22(19)25/h6-13,17,20H,4-5,14-16H2,1-3H3,(H,26,30)/t17-,20+/m0/s1. The summed E-state index contributed by atoms with van der Waals surface area (Å²) in [6.45, 7) is 6.96. The number of benzene rings is 2. The van der Waals surface area contributed by atoms with Crippen LogP contribution >= 0.6 is 11.6 Å². The summed E-state index contributed by atoms with van der Waals surface area (Å²) < 4.78 is 26.7. The normalized spacial score (nSPS) is 17.4. The van der Waals surface area contributed by atoms with E-state index in [1.807, 2.05) is 25.1 Å². The Balaban J connectivity index is 1.61. The van der Waals surface area contributed by atoms with Crippen LogP contribution in [-0.2, 0) is 26.2 Å². The van der Waals surface area contributed by atoms with E-state index in [0.717, 1.165) is 11.1 Å². The highest BCUT2D eigenvalue weighted by Crippen LogP contribution is 2.25. The molecule has 1 N–H and O–H groups in total. The van der Waals surface area contributed by atoms with Crippen LogP contribution in [0.5, 0.6) is 0 Å². The van der Waals surface area contributed by atoms with E-state index in [1.54, 1.807) is 49.1 Å². The fourth-order valence-electron chi connectivity index (χ4n) is 3.99. The third-order valence-electron chi connectivity index (χ3n) is 5.99. The molecule has 0 bridgehead atoms. The molecule has 2 aromatic carbocycles. The molecule has 33 heavy (non-hydrogen) atoms. The zero-order valence-corrected chi connectivity index (χ0v) is 20.7. The summed E-state index contributed by atoms with van der Waals surface area (Å²) in [5, 5.41) is 3.55. The van der Waals surface area contributed by atoms with Crippen LogP contribution < -0.4 is 5.32 Å². The van der Waals surface area contributed by atoms with Crippen molar-refractivity contribution in [2.24, 2.45) is 5.92 Å². The molecule has 3 rings (SSSR count). The van der Waals surface area contributed by atoms with Gasteiger partial charge in [-0.2, -0.15) is 4.31 Å². The maximum absolute atomic E-state index is 12.8. The van der Waals surface area contributed by atoms with Gasteiger partial charge in [0, 0.05) is 37.6 Å². The van der Waals surface area contributed by atoms with Gasteiger partial charge in [-0.05, 0) is 36.2 Å². The number of amides is 2. The zero-order chi connectivity index (χ0) is 24.2. The minimum absolute atomic E-state index is 0.0753. The summed E-state index contributed by atoms with van der Waals surface area (Å²) in [5.41, 5.74) is 1.64. The molecule has 7 nitrogen and oxygen atoms in total. The Kier molecular flexibility index (Phi) is 8.15. The van der Waals surface area contributed by atoms with Crippen molar-refractivity contribution in [3.63, 3.8) is 0 Å². The number of nitrogens with one attached hydrogen (secondary N) is 1. The van der Waals surface area contributed by atoms with E-state index < -0.39 is 15.9 Å². The quantitative estimate of drug-likeness (QED) is 0.580. The van der Waals surface area contributed by atoms with Gasteiger partial charge < -0.3 is 10.2 Å². The van der Waals surface area contributed by atoms with Crippen LogP contribution in [0.2, 0.25) is 5.02 Å². The molecule has 0 spiro atoms. The Labute approximate surface area is 200 Å². The monoisotopic (exact) mass is 491 g/mol. The van der Waals surface area contributed by atoms with E-state index in [2.05, 4.69) is 5.32 Å². The van der Waals surface area contributed by atoms with Crippen molar-refractivity contribution in [3.05, 3.63) is 64.7 Å². The first-order chi connectivity index (χ1) is 15.7. The number of nitrogens with zero attached hydrogens (tertiary/aromatic N) is 2. The summed E-state index contributed by atoms with van der Waals surface area (Å²) >= 11 is 6.20. The number of carbonyl (C=O) groups is 2.